The maximum Gasteiger partial charge on any atom is 0.293 e. The summed E-state index contributed by atoms with van der Waals surface area (Å²) < 4.78 is 29.7. The molecule has 0 radical (unpaired) electrons. The molecular weight excluding hydrogens is 614 g/mol. The quantitative estimate of drug-likeness (QED) is 0.294. The van der Waals surface area contributed by atoms with Crippen molar-refractivity contribution in [1.82, 2.24) is 29.5 Å². The van der Waals surface area contributed by atoms with Crippen molar-refractivity contribution >= 4 is 46.4 Å². The second-order valence-electron chi connectivity index (χ2n) is 10.8. The second-order valence-corrected chi connectivity index (χ2v) is 12.3. The molecule has 2 aromatic carbocycles. The molecule has 0 spiro atoms. The molecule has 1 N–H and O–H groups in total. The first-order chi connectivity index (χ1) is 21.1. The molecule has 232 valence electrons. The normalized spacial score (nSPS) is 18.7. The SMILES string of the molecule is O=C(CCCN1C(=O)SC(=Cc2ccc(Cl)cc2)C1=O)CN1CCN(CC(O)(Cn2cncn2)c2ccc(F)cc2F)CC1. The van der Waals surface area contributed by atoms with Gasteiger partial charge in [-0.3, -0.25) is 29.1 Å². The number of Topliss-reactive ketones (excluding diaryl/α,β-unsaturated/α-hetero) is 1. The molecular formula is C30H31ClF2N6O4S. The lowest BCUT2D eigenvalue weighted by atomic mass is 9.92. The Bertz CT molecular complexity index is 1530. The van der Waals surface area contributed by atoms with Gasteiger partial charge in [0.25, 0.3) is 11.1 Å². The predicted octanol–water partition coefficient (Wildman–Crippen LogP) is 3.80. The monoisotopic (exact) mass is 644 g/mol. The summed E-state index contributed by atoms with van der Waals surface area (Å²) in [7, 11) is 0. The first-order valence-electron chi connectivity index (χ1n) is 14.1. The first-order valence-corrected chi connectivity index (χ1v) is 15.3. The maximum atomic E-state index is 14.7. The highest BCUT2D eigenvalue weighted by Crippen LogP contribution is 2.33. The summed E-state index contributed by atoms with van der Waals surface area (Å²) in [5.74, 6) is -1.96. The highest BCUT2D eigenvalue weighted by atomic mass is 35.5. The van der Waals surface area contributed by atoms with Gasteiger partial charge in [0.1, 0.15) is 35.7 Å². The van der Waals surface area contributed by atoms with E-state index in [2.05, 4.69) is 10.1 Å². The molecule has 0 aliphatic carbocycles. The van der Waals surface area contributed by atoms with Crippen LogP contribution in [0.4, 0.5) is 13.6 Å². The van der Waals surface area contributed by atoms with E-state index in [1.165, 1.54) is 28.3 Å². The van der Waals surface area contributed by atoms with E-state index in [0.29, 0.717) is 42.5 Å². The molecule has 2 aliphatic heterocycles. The number of carbonyl (C=O) groups is 3. The van der Waals surface area contributed by atoms with Gasteiger partial charge in [-0.25, -0.2) is 18.4 Å². The Morgan fingerprint density at radius 1 is 1.05 bits per heavy atom. The fourth-order valence-electron chi connectivity index (χ4n) is 5.31. The number of imide groups is 1. The molecule has 14 heteroatoms. The molecule has 2 amide bonds. The molecule has 0 bridgehead atoms. The molecule has 2 saturated heterocycles. The minimum absolute atomic E-state index is 0.00167. The zero-order valence-corrected chi connectivity index (χ0v) is 25.3. The van der Waals surface area contributed by atoms with Crippen molar-refractivity contribution in [2.45, 2.75) is 25.0 Å². The number of aromatic nitrogens is 3. The molecule has 10 nitrogen and oxygen atoms in total. The molecule has 3 aromatic rings. The van der Waals surface area contributed by atoms with Crippen LogP contribution in [0.3, 0.4) is 0 Å². The van der Waals surface area contributed by atoms with Gasteiger partial charge >= 0.3 is 0 Å². The van der Waals surface area contributed by atoms with Gasteiger partial charge in [0, 0.05) is 62.3 Å². The van der Waals surface area contributed by atoms with E-state index < -0.39 is 17.2 Å². The lowest BCUT2D eigenvalue weighted by Crippen LogP contribution is -2.53. The Labute approximate surface area is 262 Å². The van der Waals surface area contributed by atoms with Gasteiger partial charge in [0.2, 0.25) is 0 Å². The van der Waals surface area contributed by atoms with Crippen molar-refractivity contribution in [3.05, 3.63) is 87.8 Å². The average Bonchev–Trinajstić information content (AvgIpc) is 3.58. The van der Waals surface area contributed by atoms with Crippen molar-refractivity contribution < 1.29 is 28.3 Å². The standard InChI is InChI=1S/C30H31ClF2N6O4S/c31-22-5-3-21(4-6-22)14-27-28(41)39(29(42)44-27)9-1-2-24(40)16-36-10-12-37(13-11-36)17-30(43,18-38-20-34-19-35-38)25-8-7-23(32)15-26(25)33/h3-8,14-15,19-20,43H,1-2,9-13,16-18H2. The maximum absolute atomic E-state index is 14.7. The van der Waals surface area contributed by atoms with E-state index in [-0.39, 0.29) is 55.1 Å². The van der Waals surface area contributed by atoms with Crippen LogP contribution in [0, 0.1) is 11.6 Å². The highest BCUT2D eigenvalue weighted by Gasteiger charge is 2.37. The van der Waals surface area contributed by atoms with Gasteiger partial charge in [-0.1, -0.05) is 29.8 Å². The Balaban J connectivity index is 1.09. The minimum Gasteiger partial charge on any atom is -0.382 e. The lowest BCUT2D eigenvalue weighted by Gasteiger charge is -2.39. The van der Waals surface area contributed by atoms with Gasteiger partial charge in [-0.05, 0) is 48.0 Å². The van der Waals surface area contributed by atoms with Gasteiger partial charge < -0.3 is 5.11 Å². The van der Waals surface area contributed by atoms with E-state index in [9.17, 15) is 28.3 Å². The van der Waals surface area contributed by atoms with E-state index in [1.807, 2.05) is 9.80 Å². The van der Waals surface area contributed by atoms with Crippen molar-refractivity contribution in [3.8, 4) is 0 Å². The number of amides is 2. The minimum atomic E-state index is -1.70. The predicted molar refractivity (Wildman–Crippen MR) is 162 cm³/mol. The van der Waals surface area contributed by atoms with Crippen LogP contribution in [0.15, 0.2) is 60.0 Å². The third-order valence-corrected chi connectivity index (χ3v) is 8.71. The van der Waals surface area contributed by atoms with Crippen LogP contribution < -0.4 is 0 Å². The third kappa shape index (κ3) is 7.96. The Morgan fingerprint density at radius 2 is 1.77 bits per heavy atom. The van der Waals surface area contributed by atoms with Crippen molar-refractivity contribution in [2.75, 3.05) is 45.8 Å². The summed E-state index contributed by atoms with van der Waals surface area (Å²) >= 11 is 6.78. The summed E-state index contributed by atoms with van der Waals surface area (Å²) in [6, 6.07) is 10.0. The topological polar surface area (TPSA) is 112 Å². The number of piperazine rings is 1. The number of hydrogen-bond donors (Lipinski definition) is 1. The van der Waals surface area contributed by atoms with Crippen molar-refractivity contribution in [3.63, 3.8) is 0 Å². The van der Waals surface area contributed by atoms with E-state index in [4.69, 9.17) is 11.6 Å². The van der Waals surface area contributed by atoms with E-state index >= 15 is 0 Å². The zero-order valence-electron chi connectivity index (χ0n) is 23.7. The van der Waals surface area contributed by atoms with Crippen LogP contribution in [0.5, 0.6) is 0 Å². The second kappa shape index (κ2) is 14.1. The number of thioether (sulfide) groups is 1. The average molecular weight is 645 g/mol. The Morgan fingerprint density at radius 3 is 2.45 bits per heavy atom. The number of halogens is 3. The summed E-state index contributed by atoms with van der Waals surface area (Å²) in [5, 5.41) is 15.8. The van der Waals surface area contributed by atoms with Gasteiger partial charge in [0.05, 0.1) is 18.0 Å². The Kier molecular flexibility index (Phi) is 10.2. The molecule has 5 rings (SSSR count). The zero-order chi connectivity index (χ0) is 31.3. The smallest absolute Gasteiger partial charge is 0.293 e. The lowest BCUT2D eigenvalue weighted by molar-refractivity contribution is -0.124. The summed E-state index contributed by atoms with van der Waals surface area (Å²) in [6.07, 6.45) is 4.97. The number of rotatable bonds is 12. The van der Waals surface area contributed by atoms with Crippen LogP contribution >= 0.6 is 23.4 Å². The number of β-amino-alcohol motifs (C(OH)–C–C–N with tert-alkyl or cyclic N) is 1. The van der Waals surface area contributed by atoms with Gasteiger partial charge in [0.15, 0.2) is 0 Å². The fourth-order valence-corrected chi connectivity index (χ4v) is 6.30. The molecule has 1 unspecified atom stereocenters. The molecule has 3 heterocycles. The highest BCUT2D eigenvalue weighted by molar-refractivity contribution is 8.18. The molecule has 1 aromatic heterocycles. The van der Waals surface area contributed by atoms with Gasteiger partial charge in [-0.2, -0.15) is 5.10 Å². The number of ketones is 1. The van der Waals surface area contributed by atoms with Crippen LogP contribution in [0.25, 0.3) is 6.08 Å². The molecule has 2 fully saturated rings. The van der Waals surface area contributed by atoms with Crippen LogP contribution in [0.1, 0.15) is 24.0 Å². The largest absolute Gasteiger partial charge is 0.382 e. The number of nitrogens with zero attached hydrogens (tertiary/aromatic N) is 6. The van der Waals surface area contributed by atoms with Crippen molar-refractivity contribution in [1.29, 1.82) is 0 Å². The third-order valence-electron chi connectivity index (χ3n) is 7.55. The van der Waals surface area contributed by atoms with Crippen LogP contribution in [-0.4, -0.2) is 97.3 Å². The van der Waals surface area contributed by atoms with Crippen LogP contribution in [-0.2, 0) is 21.7 Å². The molecule has 0 saturated carbocycles. The van der Waals surface area contributed by atoms with Crippen molar-refractivity contribution in [2.24, 2.45) is 0 Å². The van der Waals surface area contributed by atoms with Gasteiger partial charge in [-0.15, -0.1) is 0 Å². The number of hydrogen-bond acceptors (Lipinski definition) is 9. The summed E-state index contributed by atoms with van der Waals surface area (Å²) in [4.78, 5) is 47.2. The molecule has 2 aliphatic rings. The van der Waals surface area contributed by atoms with E-state index in [0.717, 1.165) is 29.5 Å². The summed E-state index contributed by atoms with van der Waals surface area (Å²) in [5.41, 5.74) is -0.971. The summed E-state index contributed by atoms with van der Waals surface area (Å²) in [6.45, 7) is 2.52. The number of carbonyl (C=O) groups excluding carboxylic acids is 3. The number of benzene rings is 2. The number of aliphatic hydroxyl groups is 1. The van der Waals surface area contributed by atoms with E-state index in [1.54, 1.807) is 30.3 Å². The first kappa shape index (κ1) is 31.9. The molecule has 44 heavy (non-hydrogen) atoms. The van der Waals surface area contributed by atoms with Crippen LogP contribution in [0.2, 0.25) is 5.02 Å². The molecule has 1 atom stereocenters. The Hall–Kier alpha value is -3.49. The fraction of sp³-hybridized carbons (Fsp3) is 0.367.